The summed E-state index contributed by atoms with van der Waals surface area (Å²) in [6.45, 7) is 5.37. The molecule has 0 unspecified atom stereocenters. The third kappa shape index (κ3) is 5.05. The van der Waals surface area contributed by atoms with E-state index in [0.717, 1.165) is 39.1 Å². The number of rotatable bonds is 5. The van der Waals surface area contributed by atoms with Crippen LogP contribution in [0, 0.1) is 0 Å². The van der Waals surface area contributed by atoms with Crippen LogP contribution in [0.15, 0.2) is 41.1 Å². The maximum Gasteiger partial charge on any atom is 0.238 e. The molecule has 0 spiro atoms. The monoisotopic (exact) mass is 363 g/mol. The molecule has 3 rings (SSSR count). The van der Waals surface area contributed by atoms with Crippen molar-refractivity contribution in [3.63, 3.8) is 0 Å². The van der Waals surface area contributed by atoms with E-state index in [1.165, 1.54) is 5.56 Å². The Bertz CT molecular complexity index is 662. The van der Waals surface area contributed by atoms with Crippen LogP contribution in [0.25, 0.3) is 0 Å². The highest BCUT2D eigenvalue weighted by molar-refractivity contribution is 7.07. The van der Waals surface area contributed by atoms with Gasteiger partial charge in [0.2, 0.25) is 5.91 Å². The van der Waals surface area contributed by atoms with Gasteiger partial charge < -0.3 is 5.32 Å². The smallest absolute Gasteiger partial charge is 0.238 e. The second-order valence-corrected chi connectivity index (χ2v) is 7.25. The zero-order valence-electron chi connectivity index (χ0n) is 13.6. The maximum absolute atomic E-state index is 12.3. The molecule has 0 saturated carbocycles. The molecule has 6 heteroatoms. The minimum atomic E-state index is -0.00520. The van der Waals surface area contributed by atoms with Crippen LogP contribution < -0.4 is 5.32 Å². The van der Waals surface area contributed by atoms with Crippen molar-refractivity contribution in [2.45, 2.75) is 13.0 Å². The summed E-state index contributed by atoms with van der Waals surface area (Å²) >= 11 is 7.83. The second kappa shape index (κ2) is 8.62. The van der Waals surface area contributed by atoms with E-state index in [4.69, 9.17) is 11.6 Å². The van der Waals surface area contributed by atoms with Crippen LogP contribution in [0.4, 0.5) is 5.69 Å². The molecule has 4 nitrogen and oxygen atoms in total. The molecule has 1 amide bonds. The van der Waals surface area contributed by atoms with Gasteiger partial charge >= 0.3 is 0 Å². The summed E-state index contributed by atoms with van der Waals surface area (Å²) in [7, 11) is 0. The van der Waals surface area contributed by atoms with Gasteiger partial charge in [0, 0.05) is 19.6 Å². The molecule has 1 aromatic heterocycles. The van der Waals surface area contributed by atoms with Gasteiger partial charge in [-0.1, -0.05) is 23.7 Å². The third-order valence-electron chi connectivity index (χ3n) is 4.18. The molecule has 1 aliphatic rings. The Morgan fingerprint density at radius 2 is 1.92 bits per heavy atom. The minimum absolute atomic E-state index is 0.00520. The molecule has 1 saturated heterocycles. The maximum atomic E-state index is 12.3. The van der Waals surface area contributed by atoms with Crippen LogP contribution in [0.1, 0.15) is 12.0 Å². The molecule has 1 fully saturated rings. The molecule has 1 N–H and O–H groups in total. The summed E-state index contributed by atoms with van der Waals surface area (Å²) in [4.78, 5) is 16.9. The van der Waals surface area contributed by atoms with Crippen LogP contribution in [-0.2, 0) is 11.3 Å². The fourth-order valence-electron chi connectivity index (χ4n) is 2.94. The first-order valence-corrected chi connectivity index (χ1v) is 9.53. The number of benzene rings is 1. The SMILES string of the molecule is O=C(CN1CCCN(Cc2ccsc2)CC1)Nc1ccccc1Cl. The standard InChI is InChI=1S/C18H22ClN3OS/c19-16-4-1-2-5-17(16)20-18(23)13-22-8-3-7-21(9-10-22)12-15-6-11-24-14-15/h1-2,4-6,11,14H,3,7-10,12-13H2,(H,20,23). The van der Waals surface area contributed by atoms with Crippen molar-refractivity contribution in [3.8, 4) is 0 Å². The summed E-state index contributed by atoms with van der Waals surface area (Å²) < 4.78 is 0. The second-order valence-electron chi connectivity index (χ2n) is 6.07. The predicted molar refractivity (Wildman–Crippen MR) is 101 cm³/mol. The van der Waals surface area contributed by atoms with Gasteiger partial charge in [-0.2, -0.15) is 11.3 Å². The van der Waals surface area contributed by atoms with Gasteiger partial charge in [-0.3, -0.25) is 14.6 Å². The molecule has 0 aliphatic carbocycles. The van der Waals surface area contributed by atoms with Gasteiger partial charge in [0.1, 0.15) is 0 Å². The lowest BCUT2D eigenvalue weighted by molar-refractivity contribution is -0.117. The summed E-state index contributed by atoms with van der Waals surface area (Å²) in [6, 6.07) is 9.52. The lowest BCUT2D eigenvalue weighted by Crippen LogP contribution is -2.36. The number of anilines is 1. The van der Waals surface area contributed by atoms with E-state index in [1.54, 1.807) is 17.4 Å². The molecule has 128 valence electrons. The summed E-state index contributed by atoms with van der Waals surface area (Å²) in [6.07, 6.45) is 1.09. The molecule has 0 bridgehead atoms. The van der Waals surface area contributed by atoms with Gasteiger partial charge in [0.15, 0.2) is 0 Å². The van der Waals surface area contributed by atoms with E-state index in [2.05, 4.69) is 31.9 Å². The number of carbonyl (C=O) groups is 1. The molecule has 0 atom stereocenters. The number of nitrogens with zero attached hydrogens (tertiary/aromatic N) is 2. The van der Waals surface area contributed by atoms with Crippen molar-refractivity contribution in [1.29, 1.82) is 0 Å². The van der Waals surface area contributed by atoms with Gasteiger partial charge in [-0.15, -0.1) is 0 Å². The van der Waals surface area contributed by atoms with Gasteiger partial charge in [-0.05, 0) is 54.0 Å². The number of nitrogens with one attached hydrogen (secondary N) is 1. The van der Waals surface area contributed by atoms with Crippen molar-refractivity contribution in [3.05, 3.63) is 51.7 Å². The van der Waals surface area contributed by atoms with Crippen molar-refractivity contribution < 1.29 is 4.79 Å². The van der Waals surface area contributed by atoms with Crippen LogP contribution in [-0.4, -0.2) is 48.4 Å². The molecule has 0 radical (unpaired) electrons. The number of thiophene rings is 1. The average Bonchev–Trinajstić information content (AvgIpc) is 2.97. The largest absolute Gasteiger partial charge is 0.324 e. The van der Waals surface area contributed by atoms with E-state index in [1.807, 2.05) is 18.2 Å². The lowest BCUT2D eigenvalue weighted by atomic mass is 10.3. The Kier molecular flexibility index (Phi) is 6.26. The first-order valence-electron chi connectivity index (χ1n) is 8.21. The zero-order valence-corrected chi connectivity index (χ0v) is 15.2. The number of para-hydroxylation sites is 1. The molecular weight excluding hydrogens is 342 g/mol. The highest BCUT2D eigenvalue weighted by Crippen LogP contribution is 2.20. The third-order valence-corrected chi connectivity index (χ3v) is 5.24. The molecule has 24 heavy (non-hydrogen) atoms. The first kappa shape index (κ1) is 17.4. The van der Waals surface area contributed by atoms with Crippen molar-refractivity contribution in [2.75, 3.05) is 38.0 Å². The van der Waals surface area contributed by atoms with E-state index >= 15 is 0 Å². The fraction of sp³-hybridized carbons (Fsp3) is 0.389. The predicted octanol–water partition coefficient (Wildman–Crippen LogP) is 3.55. The quantitative estimate of drug-likeness (QED) is 0.882. The fourth-order valence-corrected chi connectivity index (χ4v) is 3.78. The Morgan fingerprint density at radius 3 is 2.71 bits per heavy atom. The number of hydrogen-bond acceptors (Lipinski definition) is 4. The molecule has 1 aliphatic heterocycles. The van der Waals surface area contributed by atoms with Gasteiger partial charge in [0.25, 0.3) is 0 Å². The molecular formula is C18H22ClN3OS. The molecule has 1 aromatic carbocycles. The Hall–Kier alpha value is -1.40. The lowest BCUT2D eigenvalue weighted by Gasteiger charge is -2.21. The van der Waals surface area contributed by atoms with Crippen LogP contribution in [0.3, 0.4) is 0 Å². The number of amides is 1. The summed E-state index contributed by atoms with van der Waals surface area (Å²) in [5.41, 5.74) is 2.06. The Morgan fingerprint density at radius 1 is 1.12 bits per heavy atom. The minimum Gasteiger partial charge on any atom is -0.324 e. The Labute approximate surface area is 152 Å². The first-order chi connectivity index (χ1) is 11.7. The summed E-state index contributed by atoms with van der Waals surface area (Å²) in [5.74, 6) is -0.00520. The Balaban J connectivity index is 1.47. The van der Waals surface area contributed by atoms with Crippen LogP contribution >= 0.6 is 22.9 Å². The highest BCUT2D eigenvalue weighted by atomic mass is 35.5. The van der Waals surface area contributed by atoms with E-state index in [9.17, 15) is 4.79 Å². The van der Waals surface area contributed by atoms with Crippen molar-refractivity contribution in [1.82, 2.24) is 9.80 Å². The van der Waals surface area contributed by atoms with Crippen LogP contribution in [0.5, 0.6) is 0 Å². The highest BCUT2D eigenvalue weighted by Gasteiger charge is 2.17. The van der Waals surface area contributed by atoms with Gasteiger partial charge in [0.05, 0.1) is 17.3 Å². The molecule has 2 heterocycles. The van der Waals surface area contributed by atoms with E-state index in [0.29, 0.717) is 17.3 Å². The van der Waals surface area contributed by atoms with Crippen molar-refractivity contribution in [2.24, 2.45) is 0 Å². The molecule has 2 aromatic rings. The number of carbonyl (C=O) groups excluding carboxylic acids is 1. The van der Waals surface area contributed by atoms with E-state index < -0.39 is 0 Å². The normalized spacial score (nSPS) is 16.7. The zero-order chi connectivity index (χ0) is 16.8. The number of hydrogen-bond donors (Lipinski definition) is 1. The van der Waals surface area contributed by atoms with Crippen molar-refractivity contribution >= 4 is 34.5 Å². The van der Waals surface area contributed by atoms with Gasteiger partial charge in [-0.25, -0.2) is 0 Å². The van der Waals surface area contributed by atoms with Crippen LogP contribution in [0.2, 0.25) is 5.02 Å². The number of halogens is 1. The van der Waals surface area contributed by atoms with E-state index in [-0.39, 0.29) is 5.91 Å². The average molecular weight is 364 g/mol. The topological polar surface area (TPSA) is 35.6 Å². The summed E-state index contributed by atoms with van der Waals surface area (Å²) in [5, 5.41) is 7.81.